The second-order valence-corrected chi connectivity index (χ2v) is 9.13. The highest BCUT2D eigenvalue weighted by atomic mass is 16.2. The number of fused-ring (bicyclic) bond motifs is 1. The number of carbonyl (C=O) groups is 2. The van der Waals surface area contributed by atoms with Gasteiger partial charge >= 0.3 is 0 Å². The van der Waals surface area contributed by atoms with Gasteiger partial charge in [-0.25, -0.2) is 0 Å². The maximum Gasteiger partial charge on any atom is 0.236 e. The predicted octanol–water partition coefficient (Wildman–Crippen LogP) is 2.55. The van der Waals surface area contributed by atoms with Gasteiger partial charge in [0.25, 0.3) is 0 Å². The highest BCUT2D eigenvalue weighted by Gasteiger charge is 2.24. The number of hydrogen-bond acceptors (Lipinski definition) is 4. The summed E-state index contributed by atoms with van der Waals surface area (Å²) in [4.78, 5) is 28.8. The van der Waals surface area contributed by atoms with Crippen LogP contribution < -0.4 is 10.6 Å². The lowest BCUT2D eigenvalue weighted by molar-refractivity contribution is -0.132. The number of hydrogen-bond donors (Lipinski definition) is 2. The van der Waals surface area contributed by atoms with Crippen molar-refractivity contribution in [2.45, 2.75) is 39.3 Å². The van der Waals surface area contributed by atoms with Gasteiger partial charge in [-0.3, -0.25) is 14.5 Å². The number of rotatable bonds is 6. The van der Waals surface area contributed by atoms with Crippen LogP contribution in [0, 0.1) is 0 Å². The van der Waals surface area contributed by atoms with Crippen LogP contribution in [0.5, 0.6) is 0 Å². The Balaban J connectivity index is 1.46. The number of nitrogens with zero attached hydrogens (tertiary/aromatic N) is 2. The lowest BCUT2D eigenvalue weighted by Gasteiger charge is -2.35. The van der Waals surface area contributed by atoms with Gasteiger partial charge < -0.3 is 15.5 Å². The van der Waals surface area contributed by atoms with Crippen LogP contribution in [0.3, 0.4) is 0 Å². The molecule has 1 aliphatic heterocycles. The van der Waals surface area contributed by atoms with Crippen LogP contribution >= 0.6 is 0 Å². The molecule has 1 saturated heterocycles. The highest BCUT2D eigenvalue weighted by molar-refractivity contribution is 5.86. The lowest BCUT2D eigenvalue weighted by atomic mass is 10.00. The molecular weight excluding hydrogens is 376 g/mol. The summed E-state index contributed by atoms with van der Waals surface area (Å²) in [5.74, 6) is 0.147. The molecule has 1 aliphatic rings. The van der Waals surface area contributed by atoms with Gasteiger partial charge in [0.05, 0.1) is 13.1 Å². The van der Waals surface area contributed by atoms with Crippen LogP contribution in [0.25, 0.3) is 10.8 Å². The molecule has 1 fully saturated rings. The number of benzene rings is 2. The van der Waals surface area contributed by atoms with Crippen molar-refractivity contribution in [2.24, 2.45) is 0 Å². The fourth-order valence-corrected chi connectivity index (χ4v) is 3.91. The van der Waals surface area contributed by atoms with E-state index in [1.54, 1.807) is 0 Å². The van der Waals surface area contributed by atoms with Crippen molar-refractivity contribution in [3.63, 3.8) is 0 Å². The van der Waals surface area contributed by atoms with E-state index in [2.05, 4.69) is 52.8 Å². The molecule has 0 bridgehead atoms. The summed E-state index contributed by atoms with van der Waals surface area (Å²) in [5, 5.41) is 8.81. The maximum atomic E-state index is 12.7. The summed E-state index contributed by atoms with van der Waals surface area (Å²) in [7, 11) is 0. The Hall–Kier alpha value is -2.44. The molecule has 0 unspecified atom stereocenters. The molecule has 0 aromatic heterocycles. The Bertz CT molecular complexity index is 877. The van der Waals surface area contributed by atoms with E-state index in [-0.39, 0.29) is 23.4 Å². The van der Waals surface area contributed by atoms with Gasteiger partial charge in [-0.05, 0) is 44.0 Å². The molecule has 162 valence electrons. The third-order valence-electron chi connectivity index (χ3n) is 5.46. The first-order valence-corrected chi connectivity index (χ1v) is 10.7. The van der Waals surface area contributed by atoms with Gasteiger partial charge in [-0.2, -0.15) is 0 Å². The van der Waals surface area contributed by atoms with Crippen LogP contribution in [0.4, 0.5) is 0 Å². The fourth-order valence-electron chi connectivity index (χ4n) is 3.91. The Morgan fingerprint density at radius 1 is 1.00 bits per heavy atom. The Labute approximate surface area is 179 Å². The van der Waals surface area contributed by atoms with Crippen LogP contribution in [0.1, 0.15) is 39.3 Å². The molecule has 2 aromatic carbocycles. The van der Waals surface area contributed by atoms with Gasteiger partial charge in [0.1, 0.15) is 0 Å². The third kappa shape index (κ3) is 6.03. The van der Waals surface area contributed by atoms with Crippen molar-refractivity contribution >= 4 is 22.6 Å². The summed E-state index contributed by atoms with van der Waals surface area (Å²) in [6.07, 6.45) is 0. The summed E-state index contributed by atoms with van der Waals surface area (Å²) in [6.45, 7) is 11.5. The summed E-state index contributed by atoms with van der Waals surface area (Å²) < 4.78 is 0. The average Bonchev–Trinajstić information content (AvgIpc) is 2.70. The van der Waals surface area contributed by atoms with Crippen molar-refractivity contribution in [3.05, 3.63) is 48.0 Å². The number of piperazine rings is 1. The summed E-state index contributed by atoms with van der Waals surface area (Å²) >= 11 is 0. The van der Waals surface area contributed by atoms with E-state index in [9.17, 15) is 9.59 Å². The molecule has 0 saturated carbocycles. The minimum Gasteiger partial charge on any atom is -0.350 e. The van der Waals surface area contributed by atoms with Crippen molar-refractivity contribution in [2.75, 3.05) is 39.3 Å². The number of carbonyl (C=O) groups excluding carboxylic acids is 2. The zero-order chi connectivity index (χ0) is 21.7. The SMILES string of the molecule is C[C@@H](NCC(=O)N1CCN(CC(=O)NC(C)(C)C)CC1)c1cccc2ccccc12. The minimum absolute atomic E-state index is 0.0351. The molecule has 3 rings (SSSR count). The monoisotopic (exact) mass is 410 g/mol. The molecule has 1 atom stereocenters. The maximum absolute atomic E-state index is 12.7. The van der Waals surface area contributed by atoms with Gasteiger partial charge in [-0.1, -0.05) is 42.5 Å². The largest absolute Gasteiger partial charge is 0.350 e. The van der Waals surface area contributed by atoms with E-state index < -0.39 is 0 Å². The fraction of sp³-hybridized carbons (Fsp3) is 0.500. The average molecular weight is 411 g/mol. The second kappa shape index (κ2) is 9.58. The number of amides is 2. The predicted molar refractivity (Wildman–Crippen MR) is 121 cm³/mol. The molecular formula is C24H34N4O2. The Morgan fingerprint density at radius 2 is 1.67 bits per heavy atom. The summed E-state index contributed by atoms with van der Waals surface area (Å²) in [5.41, 5.74) is 0.983. The van der Waals surface area contributed by atoms with Crippen molar-refractivity contribution in [1.29, 1.82) is 0 Å². The summed E-state index contributed by atoms with van der Waals surface area (Å²) in [6, 6.07) is 14.7. The van der Waals surface area contributed by atoms with E-state index >= 15 is 0 Å². The van der Waals surface area contributed by atoms with Gasteiger partial charge in [0, 0.05) is 37.8 Å². The third-order valence-corrected chi connectivity index (χ3v) is 5.46. The molecule has 2 amide bonds. The molecule has 2 N–H and O–H groups in total. The molecule has 0 spiro atoms. The van der Waals surface area contributed by atoms with Crippen molar-refractivity contribution < 1.29 is 9.59 Å². The van der Waals surface area contributed by atoms with E-state index in [0.717, 1.165) is 13.1 Å². The smallest absolute Gasteiger partial charge is 0.236 e. The topological polar surface area (TPSA) is 64.7 Å². The van der Waals surface area contributed by atoms with E-state index in [0.29, 0.717) is 26.2 Å². The van der Waals surface area contributed by atoms with Crippen LogP contribution in [0.15, 0.2) is 42.5 Å². The Kier molecular flexibility index (Phi) is 7.10. The van der Waals surface area contributed by atoms with Gasteiger partial charge in [0.2, 0.25) is 11.8 Å². The first kappa shape index (κ1) is 22.2. The van der Waals surface area contributed by atoms with Crippen molar-refractivity contribution in [1.82, 2.24) is 20.4 Å². The molecule has 30 heavy (non-hydrogen) atoms. The lowest BCUT2D eigenvalue weighted by Crippen LogP contribution is -2.54. The first-order valence-electron chi connectivity index (χ1n) is 10.7. The molecule has 1 heterocycles. The minimum atomic E-state index is -0.221. The quantitative estimate of drug-likeness (QED) is 0.768. The first-order chi connectivity index (χ1) is 14.2. The van der Waals surface area contributed by atoms with Crippen LogP contribution in [-0.4, -0.2) is 66.4 Å². The standard InChI is InChI=1S/C24H34N4O2/c1-18(20-11-7-9-19-8-5-6-10-21(19)20)25-16-23(30)28-14-12-27(13-15-28)17-22(29)26-24(2,3)4/h5-11,18,25H,12-17H2,1-4H3,(H,26,29)/t18-/m1/s1. The zero-order valence-electron chi connectivity index (χ0n) is 18.6. The van der Waals surface area contributed by atoms with E-state index in [4.69, 9.17) is 0 Å². The molecule has 6 nitrogen and oxygen atoms in total. The second-order valence-electron chi connectivity index (χ2n) is 9.13. The molecule has 2 aromatic rings. The zero-order valence-corrected chi connectivity index (χ0v) is 18.6. The normalized spacial score (nSPS) is 16.5. The highest BCUT2D eigenvalue weighted by Crippen LogP contribution is 2.23. The van der Waals surface area contributed by atoms with E-state index in [1.165, 1.54) is 16.3 Å². The molecule has 0 radical (unpaired) electrons. The molecule has 0 aliphatic carbocycles. The van der Waals surface area contributed by atoms with Crippen LogP contribution in [0.2, 0.25) is 0 Å². The van der Waals surface area contributed by atoms with Gasteiger partial charge in [0.15, 0.2) is 0 Å². The van der Waals surface area contributed by atoms with E-state index in [1.807, 2.05) is 37.8 Å². The number of nitrogens with one attached hydrogen (secondary N) is 2. The van der Waals surface area contributed by atoms with Crippen LogP contribution in [-0.2, 0) is 9.59 Å². The van der Waals surface area contributed by atoms with Crippen molar-refractivity contribution in [3.8, 4) is 0 Å². The molecule has 6 heteroatoms. The Morgan fingerprint density at radius 3 is 2.37 bits per heavy atom. The van der Waals surface area contributed by atoms with Gasteiger partial charge in [-0.15, -0.1) is 0 Å².